The Morgan fingerprint density at radius 2 is 2.04 bits per heavy atom. The highest BCUT2D eigenvalue weighted by molar-refractivity contribution is 7.89. The van der Waals surface area contributed by atoms with Gasteiger partial charge in [-0.25, -0.2) is 12.7 Å². The molecule has 2 aliphatic carbocycles. The van der Waals surface area contributed by atoms with E-state index in [4.69, 9.17) is 0 Å². The van der Waals surface area contributed by atoms with Crippen molar-refractivity contribution in [2.45, 2.75) is 37.0 Å². The Balaban J connectivity index is 1.65. The summed E-state index contributed by atoms with van der Waals surface area (Å²) in [6, 6.07) is 6.45. The normalized spacial score (nSPS) is 26.7. The third kappa shape index (κ3) is 3.43. The molecule has 1 aromatic carbocycles. The summed E-state index contributed by atoms with van der Waals surface area (Å²) in [6.07, 6.45) is 5.60. The number of amides is 1. The van der Waals surface area contributed by atoms with Crippen LogP contribution in [0.5, 0.6) is 0 Å². The zero-order chi connectivity index (χ0) is 16.6. The molecule has 0 saturated heterocycles. The molecule has 0 aliphatic heterocycles. The van der Waals surface area contributed by atoms with Crippen molar-refractivity contribution < 1.29 is 13.2 Å². The maximum atomic E-state index is 12.3. The summed E-state index contributed by atoms with van der Waals surface area (Å²) in [5, 5.41) is 2.86. The molecule has 1 aromatic rings. The standard InChI is InChI=1S/C17H24N2O3S/c1-19(2)23(21,22)16-5-3-4-15(11-16)18-17(20)10-14-9-12-6-7-13(14)8-12/h3-5,11-14H,6-10H2,1-2H3,(H,18,20)/t12-,13-,14-/m1/s1. The van der Waals surface area contributed by atoms with Crippen LogP contribution in [0.25, 0.3) is 0 Å². The number of hydrogen-bond donors (Lipinski definition) is 1. The van der Waals surface area contributed by atoms with E-state index in [9.17, 15) is 13.2 Å². The van der Waals surface area contributed by atoms with E-state index in [0.717, 1.165) is 5.92 Å². The topological polar surface area (TPSA) is 66.5 Å². The number of carbonyl (C=O) groups excluding carboxylic acids is 1. The molecule has 1 amide bonds. The fraction of sp³-hybridized carbons (Fsp3) is 0.588. The highest BCUT2D eigenvalue weighted by atomic mass is 32.2. The molecule has 23 heavy (non-hydrogen) atoms. The van der Waals surface area contributed by atoms with Crippen LogP contribution in [0.15, 0.2) is 29.2 Å². The molecule has 2 fully saturated rings. The average molecular weight is 336 g/mol. The average Bonchev–Trinajstić information content (AvgIpc) is 3.09. The zero-order valence-corrected chi connectivity index (χ0v) is 14.5. The Morgan fingerprint density at radius 3 is 2.65 bits per heavy atom. The number of hydrogen-bond acceptors (Lipinski definition) is 3. The molecule has 3 atom stereocenters. The molecule has 0 heterocycles. The van der Waals surface area contributed by atoms with Gasteiger partial charge in [-0.3, -0.25) is 4.79 Å². The second-order valence-corrected chi connectivity index (χ2v) is 9.15. The number of nitrogens with one attached hydrogen (secondary N) is 1. The number of fused-ring (bicyclic) bond motifs is 2. The molecular weight excluding hydrogens is 312 g/mol. The maximum absolute atomic E-state index is 12.3. The second-order valence-electron chi connectivity index (χ2n) is 7.00. The van der Waals surface area contributed by atoms with Gasteiger partial charge < -0.3 is 5.32 Å². The second kappa shape index (κ2) is 6.24. The van der Waals surface area contributed by atoms with Crippen LogP contribution in [0.2, 0.25) is 0 Å². The van der Waals surface area contributed by atoms with Crippen molar-refractivity contribution in [2.24, 2.45) is 17.8 Å². The number of rotatable bonds is 5. The minimum atomic E-state index is -3.48. The lowest BCUT2D eigenvalue weighted by Gasteiger charge is -2.21. The lowest BCUT2D eigenvalue weighted by atomic mass is 9.86. The van der Waals surface area contributed by atoms with Gasteiger partial charge in [0.1, 0.15) is 0 Å². The zero-order valence-electron chi connectivity index (χ0n) is 13.7. The quantitative estimate of drug-likeness (QED) is 0.899. The first-order chi connectivity index (χ1) is 10.9. The largest absolute Gasteiger partial charge is 0.326 e. The van der Waals surface area contributed by atoms with E-state index in [1.54, 1.807) is 18.2 Å². The molecule has 0 unspecified atom stereocenters. The molecular formula is C17H24N2O3S. The summed E-state index contributed by atoms with van der Waals surface area (Å²) in [5.74, 6) is 2.03. The van der Waals surface area contributed by atoms with Gasteiger partial charge in [0.05, 0.1) is 4.90 Å². The van der Waals surface area contributed by atoms with Crippen LogP contribution < -0.4 is 5.32 Å². The minimum absolute atomic E-state index is 0.0121. The predicted octanol–water partition coefficient (Wildman–Crippen LogP) is 2.70. The van der Waals surface area contributed by atoms with Crippen molar-refractivity contribution in [1.82, 2.24) is 4.31 Å². The Morgan fingerprint density at radius 1 is 1.26 bits per heavy atom. The van der Waals surface area contributed by atoms with Gasteiger partial charge in [0, 0.05) is 26.2 Å². The summed E-state index contributed by atoms with van der Waals surface area (Å²) >= 11 is 0. The molecule has 126 valence electrons. The molecule has 6 heteroatoms. The van der Waals surface area contributed by atoms with Crippen LogP contribution in [-0.2, 0) is 14.8 Å². The summed E-state index contributed by atoms with van der Waals surface area (Å²) < 4.78 is 25.5. The van der Waals surface area contributed by atoms with Crippen molar-refractivity contribution in [3.63, 3.8) is 0 Å². The number of anilines is 1. The predicted molar refractivity (Wildman–Crippen MR) is 89.5 cm³/mol. The molecule has 0 radical (unpaired) electrons. The molecule has 3 rings (SSSR count). The van der Waals surface area contributed by atoms with Gasteiger partial charge in [-0.15, -0.1) is 0 Å². The van der Waals surface area contributed by atoms with Gasteiger partial charge in [-0.2, -0.15) is 0 Å². The van der Waals surface area contributed by atoms with Gasteiger partial charge in [0.25, 0.3) is 0 Å². The lowest BCUT2D eigenvalue weighted by Crippen LogP contribution is -2.23. The molecule has 5 nitrogen and oxygen atoms in total. The van der Waals surface area contributed by atoms with Crippen LogP contribution in [0.1, 0.15) is 32.1 Å². The van der Waals surface area contributed by atoms with Gasteiger partial charge in [-0.1, -0.05) is 12.5 Å². The fourth-order valence-electron chi connectivity index (χ4n) is 4.02. The molecule has 0 aromatic heterocycles. The van der Waals surface area contributed by atoms with E-state index >= 15 is 0 Å². The maximum Gasteiger partial charge on any atom is 0.242 e. The van der Waals surface area contributed by atoms with E-state index in [0.29, 0.717) is 23.9 Å². The Labute approximate surface area is 138 Å². The molecule has 2 saturated carbocycles. The van der Waals surface area contributed by atoms with Gasteiger partial charge in [-0.05, 0) is 55.2 Å². The summed E-state index contributed by atoms with van der Waals surface area (Å²) in [4.78, 5) is 12.5. The van der Waals surface area contributed by atoms with E-state index in [1.807, 2.05) is 0 Å². The molecule has 2 aliphatic rings. The number of nitrogens with zero attached hydrogens (tertiary/aromatic N) is 1. The van der Waals surface area contributed by atoms with Crippen LogP contribution in [0, 0.1) is 17.8 Å². The Bertz CT molecular complexity index is 700. The van der Waals surface area contributed by atoms with Crippen molar-refractivity contribution >= 4 is 21.6 Å². The molecule has 2 bridgehead atoms. The van der Waals surface area contributed by atoms with Crippen molar-refractivity contribution in [3.8, 4) is 0 Å². The van der Waals surface area contributed by atoms with E-state index < -0.39 is 10.0 Å². The highest BCUT2D eigenvalue weighted by Crippen LogP contribution is 2.49. The Kier molecular flexibility index (Phi) is 4.47. The van der Waals surface area contributed by atoms with Gasteiger partial charge in [0.2, 0.25) is 15.9 Å². The van der Waals surface area contributed by atoms with E-state index in [-0.39, 0.29) is 10.8 Å². The fourth-order valence-corrected chi connectivity index (χ4v) is 4.97. The third-order valence-electron chi connectivity index (χ3n) is 5.23. The summed E-state index contributed by atoms with van der Waals surface area (Å²) in [5.41, 5.74) is 0.543. The summed E-state index contributed by atoms with van der Waals surface area (Å²) in [6.45, 7) is 0. The molecule has 1 N–H and O–H groups in total. The number of sulfonamides is 1. The van der Waals surface area contributed by atoms with Crippen molar-refractivity contribution in [1.29, 1.82) is 0 Å². The summed E-state index contributed by atoms with van der Waals surface area (Å²) in [7, 11) is -0.491. The highest BCUT2D eigenvalue weighted by Gasteiger charge is 2.40. The van der Waals surface area contributed by atoms with E-state index in [2.05, 4.69) is 5.32 Å². The SMILES string of the molecule is CN(C)S(=O)(=O)c1cccc(NC(=O)C[C@H]2C[C@@H]3CC[C@@H]2C3)c1. The first-order valence-corrected chi connectivity index (χ1v) is 9.62. The van der Waals surface area contributed by atoms with Gasteiger partial charge in [0.15, 0.2) is 0 Å². The smallest absolute Gasteiger partial charge is 0.242 e. The van der Waals surface area contributed by atoms with Crippen LogP contribution in [-0.4, -0.2) is 32.7 Å². The lowest BCUT2D eigenvalue weighted by molar-refractivity contribution is -0.117. The first-order valence-electron chi connectivity index (χ1n) is 8.18. The third-order valence-corrected chi connectivity index (χ3v) is 7.04. The van der Waals surface area contributed by atoms with E-state index in [1.165, 1.54) is 50.2 Å². The number of carbonyl (C=O) groups is 1. The van der Waals surface area contributed by atoms with Crippen molar-refractivity contribution in [2.75, 3.05) is 19.4 Å². The minimum Gasteiger partial charge on any atom is -0.326 e. The molecule has 0 spiro atoms. The first kappa shape index (κ1) is 16.5. The Hall–Kier alpha value is -1.40. The van der Waals surface area contributed by atoms with Crippen LogP contribution in [0.3, 0.4) is 0 Å². The number of benzene rings is 1. The van der Waals surface area contributed by atoms with Gasteiger partial charge >= 0.3 is 0 Å². The van der Waals surface area contributed by atoms with Crippen molar-refractivity contribution in [3.05, 3.63) is 24.3 Å². The van der Waals surface area contributed by atoms with Crippen LogP contribution in [0.4, 0.5) is 5.69 Å². The monoisotopic (exact) mass is 336 g/mol. The van der Waals surface area contributed by atoms with Crippen LogP contribution >= 0.6 is 0 Å².